The summed E-state index contributed by atoms with van der Waals surface area (Å²) in [6.07, 6.45) is 1.79. The molecule has 0 aromatic heterocycles. The van der Waals surface area contributed by atoms with E-state index in [1.807, 2.05) is 19.1 Å². The van der Waals surface area contributed by atoms with Crippen molar-refractivity contribution in [2.45, 2.75) is 13.3 Å². The molecule has 2 nitrogen and oxygen atoms in total. The molecule has 1 aliphatic rings. The maximum atomic E-state index is 10.7. The minimum absolute atomic E-state index is 0.708. The summed E-state index contributed by atoms with van der Waals surface area (Å²) >= 11 is 0. The van der Waals surface area contributed by atoms with Crippen molar-refractivity contribution in [2.24, 2.45) is 0 Å². The zero-order valence-corrected chi connectivity index (χ0v) is 6.96. The highest BCUT2D eigenvalue weighted by atomic mass is 16.5. The van der Waals surface area contributed by atoms with E-state index in [1.54, 1.807) is 0 Å². The van der Waals surface area contributed by atoms with Crippen molar-refractivity contribution in [3.8, 4) is 5.75 Å². The summed E-state index contributed by atoms with van der Waals surface area (Å²) < 4.78 is 5.34. The Bertz CT molecular complexity index is 329. The summed E-state index contributed by atoms with van der Waals surface area (Å²) in [5, 5.41) is 0. The zero-order chi connectivity index (χ0) is 8.55. The Morgan fingerprint density at radius 1 is 1.50 bits per heavy atom. The van der Waals surface area contributed by atoms with E-state index in [2.05, 4.69) is 0 Å². The van der Waals surface area contributed by atoms with Gasteiger partial charge in [0.25, 0.3) is 0 Å². The molecule has 0 spiro atoms. The minimum Gasteiger partial charge on any atom is -0.493 e. The molecule has 0 bridgehead atoms. The standard InChI is InChI=1S/C10H10O2/c1-7-2-3-10-8(4-5-12-10)9(7)6-11/h2-3,6H,4-5H2,1H3. The molecule has 0 N–H and O–H groups in total. The van der Waals surface area contributed by atoms with Crippen LogP contribution in [0.5, 0.6) is 5.75 Å². The summed E-state index contributed by atoms with van der Waals surface area (Å²) in [7, 11) is 0. The largest absolute Gasteiger partial charge is 0.493 e. The van der Waals surface area contributed by atoms with Crippen LogP contribution in [-0.4, -0.2) is 12.9 Å². The number of hydrogen-bond acceptors (Lipinski definition) is 2. The molecule has 1 heterocycles. The van der Waals surface area contributed by atoms with Crippen molar-refractivity contribution in [3.63, 3.8) is 0 Å². The smallest absolute Gasteiger partial charge is 0.150 e. The van der Waals surface area contributed by atoms with Gasteiger partial charge in [-0.2, -0.15) is 0 Å². The molecule has 1 aromatic rings. The predicted molar refractivity (Wildman–Crippen MR) is 45.8 cm³/mol. The first-order chi connectivity index (χ1) is 5.83. The first-order valence-corrected chi connectivity index (χ1v) is 4.03. The number of hydrogen-bond donors (Lipinski definition) is 0. The molecular weight excluding hydrogens is 152 g/mol. The highest BCUT2D eigenvalue weighted by Crippen LogP contribution is 2.29. The third-order valence-electron chi connectivity index (χ3n) is 2.26. The molecule has 0 saturated heterocycles. The lowest BCUT2D eigenvalue weighted by Crippen LogP contribution is -1.92. The lowest BCUT2D eigenvalue weighted by molar-refractivity contribution is 0.112. The molecular formula is C10H10O2. The highest BCUT2D eigenvalue weighted by Gasteiger charge is 2.16. The van der Waals surface area contributed by atoms with E-state index in [9.17, 15) is 4.79 Å². The molecule has 12 heavy (non-hydrogen) atoms. The summed E-state index contributed by atoms with van der Waals surface area (Å²) in [5.41, 5.74) is 2.92. The molecule has 1 aromatic carbocycles. The molecule has 0 amide bonds. The Balaban J connectivity index is 2.65. The maximum absolute atomic E-state index is 10.7. The zero-order valence-electron chi connectivity index (χ0n) is 6.96. The number of carbonyl (C=O) groups is 1. The van der Waals surface area contributed by atoms with Crippen LogP contribution < -0.4 is 4.74 Å². The van der Waals surface area contributed by atoms with Crippen LogP contribution in [0, 0.1) is 6.92 Å². The number of carbonyl (C=O) groups excluding carboxylic acids is 1. The molecule has 62 valence electrons. The lowest BCUT2D eigenvalue weighted by atomic mass is 10.0. The van der Waals surface area contributed by atoms with Crippen LogP contribution >= 0.6 is 0 Å². The molecule has 0 unspecified atom stereocenters. The molecule has 0 saturated carbocycles. The van der Waals surface area contributed by atoms with E-state index in [-0.39, 0.29) is 0 Å². The number of rotatable bonds is 1. The van der Waals surface area contributed by atoms with Gasteiger partial charge in [-0.3, -0.25) is 4.79 Å². The van der Waals surface area contributed by atoms with Gasteiger partial charge in [0.2, 0.25) is 0 Å². The molecule has 0 radical (unpaired) electrons. The van der Waals surface area contributed by atoms with Crippen LogP contribution in [0.4, 0.5) is 0 Å². The average molecular weight is 162 g/mol. The number of fused-ring (bicyclic) bond motifs is 1. The summed E-state index contributed by atoms with van der Waals surface area (Å²) in [5.74, 6) is 0.878. The number of benzene rings is 1. The van der Waals surface area contributed by atoms with E-state index in [0.717, 1.165) is 35.1 Å². The summed E-state index contributed by atoms with van der Waals surface area (Å²) in [6, 6.07) is 3.86. The van der Waals surface area contributed by atoms with Crippen molar-refractivity contribution >= 4 is 6.29 Å². The van der Waals surface area contributed by atoms with Crippen LogP contribution in [0.1, 0.15) is 21.5 Å². The van der Waals surface area contributed by atoms with Crippen LogP contribution in [0.2, 0.25) is 0 Å². The van der Waals surface area contributed by atoms with Crippen molar-refractivity contribution in [3.05, 3.63) is 28.8 Å². The van der Waals surface area contributed by atoms with Gasteiger partial charge in [0, 0.05) is 17.5 Å². The molecule has 0 fully saturated rings. The third-order valence-corrected chi connectivity index (χ3v) is 2.26. The first kappa shape index (κ1) is 7.35. The predicted octanol–water partition coefficient (Wildman–Crippen LogP) is 1.74. The van der Waals surface area contributed by atoms with Gasteiger partial charge in [-0.1, -0.05) is 6.07 Å². The second-order valence-corrected chi connectivity index (χ2v) is 2.99. The highest BCUT2D eigenvalue weighted by molar-refractivity contribution is 5.81. The van der Waals surface area contributed by atoms with Crippen molar-refractivity contribution in [2.75, 3.05) is 6.61 Å². The second kappa shape index (κ2) is 2.63. The van der Waals surface area contributed by atoms with Gasteiger partial charge in [-0.05, 0) is 18.6 Å². The summed E-state index contributed by atoms with van der Waals surface area (Å²) in [4.78, 5) is 10.7. The van der Waals surface area contributed by atoms with Gasteiger partial charge in [0.1, 0.15) is 5.75 Å². The fourth-order valence-corrected chi connectivity index (χ4v) is 1.58. The van der Waals surface area contributed by atoms with Gasteiger partial charge >= 0.3 is 0 Å². The minimum atomic E-state index is 0.708. The Kier molecular flexibility index (Phi) is 1.61. The van der Waals surface area contributed by atoms with Crippen LogP contribution in [0.25, 0.3) is 0 Å². The molecule has 0 aliphatic carbocycles. The van der Waals surface area contributed by atoms with E-state index < -0.39 is 0 Å². The van der Waals surface area contributed by atoms with Gasteiger partial charge in [-0.15, -0.1) is 0 Å². The summed E-state index contributed by atoms with van der Waals surface area (Å²) in [6.45, 7) is 2.65. The monoisotopic (exact) mass is 162 g/mol. The SMILES string of the molecule is Cc1ccc2c(c1C=O)CCO2. The van der Waals surface area contributed by atoms with Crippen LogP contribution in [-0.2, 0) is 6.42 Å². The molecule has 2 heteroatoms. The number of aldehydes is 1. The Hall–Kier alpha value is -1.31. The Morgan fingerprint density at radius 3 is 3.08 bits per heavy atom. The van der Waals surface area contributed by atoms with Crippen LogP contribution in [0.3, 0.4) is 0 Å². The molecule has 0 atom stereocenters. The number of aryl methyl sites for hydroxylation is 1. The fourth-order valence-electron chi connectivity index (χ4n) is 1.58. The Morgan fingerprint density at radius 2 is 2.33 bits per heavy atom. The quantitative estimate of drug-likeness (QED) is 0.588. The van der Waals surface area contributed by atoms with Gasteiger partial charge in [-0.25, -0.2) is 0 Å². The maximum Gasteiger partial charge on any atom is 0.150 e. The lowest BCUT2D eigenvalue weighted by Gasteiger charge is -2.03. The normalized spacial score (nSPS) is 13.8. The van der Waals surface area contributed by atoms with E-state index >= 15 is 0 Å². The van der Waals surface area contributed by atoms with Crippen molar-refractivity contribution in [1.82, 2.24) is 0 Å². The first-order valence-electron chi connectivity index (χ1n) is 4.03. The fraction of sp³-hybridized carbons (Fsp3) is 0.300. The third kappa shape index (κ3) is 0.916. The second-order valence-electron chi connectivity index (χ2n) is 2.99. The van der Waals surface area contributed by atoms with Crippen molar-refractivity contribution < 1.29 is 9.53 Å². The van der Waals surface area contributed by atoms with Gasteiger partial charge in [0.15, 0.2) is 6.29 Å². The van der Waals surface area contributed by atoms with E-state index in [0.29, 0.717) is 6.61 Å². The average Bonchev–Trinajstić information content (AvgIpc) is 2.52. The Labute approximate surface area is 71.2 Å². The molecule has 1 aliphatic heterocycles. The van der Waals surface area contributed by atoms with Crippen molar-refractivity contribution in [1.29, 1.82) is 0 Å². The van der Waals surface area contributed by atoms with Crippen LogP contribution in [0.15, 0.2) is 12.1 Å². The topological polar surface area (TPSA) is 26.3 Å². The van der Waals surface area contributed by atoms with Gasteiger partial charge < -0.3 is 4.74 Å². The molecule has 2 rings (SSSR count). The van der Waals surface area contributed by atoms with Gasteiger partial charge in [0.05, 0.1) is 6.61 Å². The van der Waals surface area contributed by atoms with E-state index in [1.165, 1.54) is 0 Å². The van der Waals surface area contributed by atoms with E-state index in [4.69, 9.17) is 4.74 Å². The number of ether oxygens (including phenoxy) is 1.